The van der Waals surface area contributed by atoms with Crippen LogP contribution in [0.4, 0.5) is 9.52 Å². The van der Waals surface area contributed by atoms with Gasteiger partial charge in [0, 0.05) is 26.2 Å². The van der Waals surface area contributed by atoms with E-state index in [2.05, 4.69) is 30.9 Å². The Balaban J connectivity index is 1.49. The number of fused-ring (bicyclic) bond motifs is 1. The highest BCUT2D eigenvalue weighted by Gasteiger charge is 2.25. The number of halogens is 2. The van der Waals surface area contributed by atoms with Gasteiger partial charge < -0.3 is 9.80 Å². The lowest BCUT2D eigenvalue weighted by Crippen LogP contribution is -2.48. The molecule has 0 N–H and O–H groups in total. The average molecular weight is 404 g/mol. The molecule has 0 unspecified atom stereocenters. The summed E-state index contributed by atoms with van der Waals surface area (Å²) in [6.45, 7) is 6.79. The second kappa shape index (κ2) is 7.09. The van der Waals surface area contributed by atoms with Crippen molar-refractivity contribution in [1.29, 1.82) is 0 Å². The molecule has 2 aromatic carbocycles. The molecular weight excluding hydrogens is 385 g/mol. The Morgan fingerprint density at radius 1 is 1.15 bits per heavy atom. The fourth-order valence-corrected chi connectivity index (χ4v) is 4.61. The zero-order valence-corrected chi connectivity index (χ0v) is 16.7. The van der Waals surface area contributed by atoms with E-state index in [9.17, 15) is 9.18 Å². The van der Waals surface area contributed by atoms with Gasteiger partial charge in [-0.3, -0.25) is 4.79 Å². The van der Waals surface area contributed by atoms with Gasteiger partial charge in [-0.2, -0.15) is 0 Å². The van der Waals surface area contributed by atoms with Crippen LogP contribution < -0.4 is 4.90 Å². The first-order valence-corrected chi connectivity index (χ1v) is 9.99. The van der Waals surface area contributed by atoms with E-state index in [4.69, 9.17) is 16.6 Å². The van der Waals surface area contributed by atoms with Crippen LogP contribution in [0.25, 0.3) is 10.2 Å². The molecule has 1 amide bonds. The Bertz CT molecular complexity index is 1030. The van der Waals surface area contributed by atoms with Crippen LogP contribution in [0, 0.1) is 19.7 Å². The number of aromatic nitrogens is 1. The molecule has 0 saturated carbocycles. The summed E-state index contributed by atoms with van der Waals surface area (Å²) in [5.74, 6) is -0.599. The van der Waals surface area contributed by atoms with Gasteiger partial charge in [0.15, 0.2) is 5.13 Å². The maximum atomic E-state index is 13.2. The predicted molar refractivity (Wildman–Crippen MR) is 109 cm³/mol. The molecule has 0 radical (unpaired) electrons. The first-order valence-electron chi connectivity index (χ1n) is 8.80. The molecule has 7 heteroatoms. The predicted octanol–water partition coefficient (Wildman–Crippen LogP) is 4.67. The van der Waals surface area contributed by atoms with Crippen LogP contribution in [-0.2, 0) is 0 Å². The Labute approximate surface area is 166 Å². The minimum Gasteiger partial charge on any atom is -0.345 e. The van der Waals surface area contributed by atoms with Crippen LogP contribution in [0.2, 0.25) is 5.02 Å². The largest absolute Gasteiger partial charge is 0.345 e. The number of rotatable bonds is 2. The number of nitrogens with zero attached hydrogens (tertiary/aromatic N) is 3. The van der Waals surface area contributed by atoms with E-state index < -0.39 is 5.82 Å². The molecule has 0 spiro atoms. The Morgan fingerprint density at radius 3 is 2.59 bits per heavy atom. The topological polar surface area (TPSA) is 36.4 Å². The highest BCUT2D eigenvalue weighted by atomic mass is 35.5. The standard InChI is InChI=1S/C20H19ClFN3OS/c1-12-3-6-17-18(13(12)2)23-20(27-17)25-9-7-24(8-10-25)19(26)15-5-4-14(22)11-16(15)21/h3-6,11H,7-10H2,1-2H3. The summed E-state index contributed by atoms with van der Waals surface area (Å²) < 4.78 is 14.4. The van der Waals surface area contributed by atoms with E-state index in [-0.39, 0.29) is 10.9 Å². The Kier molecular flexibility index (Phi) is 4.78. The monoisotopic (exact) mass is 403 g/mol. The number of benzene rings is 2. The van der Waals surface area contributed by atoms with Crippen molar-refractivity contribution in [2.75, 3.05) is 31.1 Å². The number of hydrogen-bond donors (Lipinski definition) is 0. The van der Waals surface area contributed by atoms with Crippen LogP contribution in [0.15, 0.2) is 30.3 Å². The lowest BCUT2D eigenvalue weighted by atomic mass is 10.1. The quantitative estimate of drug-likeness (QED) is 0.624. The van der Waals surface area contributed by atoms with Gasteiger partial charge in [-0.05, 0) is 49.2 Å². The van der Waals surface area contributed by atoms with Crippen LogP contribution in [-0.4, -0.2) is 42.0 Å². The van der Waals surface area contributed by atoms with E-state index in [0.29, 0.717) is 31.7 Å². The highest BCUT2D eigenvalue weighted by molar-refractivity contribution is 7.22. The van der Waals surface area contributed by atoms with Gasteiger partial charge in [0.05, 0.1) is 20.8 Å². The van der Waals surface area contributed by atoms with Crippen molar-refractivity contribution in [2.45, 2.75) is 13.8 Å². The molecule has 1 aliphatic rings. The summed E-state index contributed by atoms with van der Waals surface area (Å²) >= 11 is 7.72. The van der Waals surface area contributed by atoms with Crippen molar-refractivity contribution in [3.63, 3.8) is 0 Å². The average Bonchev–Trinajstić information content (AvgIpc) is 3.09. The SMILES string of the molecule is Cc1ccc2sc(N3CCN(C(=O)c4ccc(F)cc4Cl)CC3)nc2c1C. The van der Waals surface area contributed by atoms with Crippen molar-refractivity contribution < 1.29 is 9.18 Å². The van der Waals surface area contributed by atoms with E-state index >= 15 is 0 Å². The number of carbonyl (C=O) groups excluding carboxylic acids is 1. The first kappa shape index (κ1) is 18.2. The van der Waals surface area contributed by atoms with Gasteiger partial charge in [0.1, 0.15) is 5.82 Å². The lowest BCUT2D eigenvalue weighted by molar-refractivity contribution is 0.0747. The number of anilines is 1. The Hall–Kier alpha value is -2.18. The van der Waals surface area contributed by atoms with E-state index in [1.54, 1.807) is 16.2 Å². The van der Waals surface area contributed by atoms with E-state index in [1.165, 1.54) is 34.0 Å². The Morgan fingerprint density at radius 2 is 1.89 bits per heavy atom. The summed E-state index contributed by atoms with van der Waals surface area (Å²) in [7, 11) is 0. The number of aryl methyl sites for hydroxylation is 2. The molecule has 1 aromatic heterocycles. The third kappa shape index (κ3) is 3.39. The molecular formula is C20H19ClFN3OS. The molecule has 4 rings (SSSR count). The van der Waals surface area contributed by atoms with Crippen molar-refractivity contribution in [2.24, 2.45) is 0 Å². The zero-order valence-electron chi connectivity index (χ0n) is 15.1. The van der Waals surface area contributed by atoms with Gasteiger partial charge >= 0.3 is 0 Å². The molecule has 1 saturated heterocycles. The number of thiazole rings is 1. The summed E-state index contributed by atoms with van der Waals surface area (Å²) in [6, 6.07) is 8.14. The molecule has 3 aromatic rings. The summed E-state index contributed by atoms with van der Waals surface area (Å²) in [5, 5.41) is 1.14. The second-order valence-corrected chi connectivity index (χ2v) is 8.17. The molecule has 27 heavy (non-hydrogen) atoms. The number of hydrogen-bond acceptors (Lipinski definition) is 4. The van der Waals surface area contributed by atoms with Gasteiger partial charge in [-0.1, -0.05) is 29.0 Å². The van der Waals surface area contributed by atoms with Crippen molar-refractivity contribution in [3.05, 3.63) is 57.9 Å². The normalized spacial score (nSPS) is 14.8. The molecule has 0 atom stereocenters. The molecule has 140 valence electrons. The second-order valence-electron chi connectivity index (χ2n) is 6.75. The molecule has 0 aliphatic carbocycles. The third-order valence-electron chi connectivity index (χ3n) is 5.07. The van der Waals surface area contributed by atoms with Crippen LogP contribution in [0.5, 0.6) is 0 Å². The van der Waals surface area contributed by atoms with Crippen molar-refractivity contribution in [3.8, 4) is 0 Å². The lowest BCUT2D eigenvalue weighted by Gasteiger charge is -2.34. The minimum absolute atomic E-state index is 0.152. The molecule has 1 aliphatic heterocycles. The zero-order chi connectivity index (χ0) is 19.1. The minimum atomic E-state index is -0.442. The molecule has 4 nitrogen and oxygen atoms in total. The van der Waals surface area contributed by atoms with Gasteiger partial charge in [-0.15, -0.1) is 0 Å². The van der Waals surface area contributed by atoms with Gasteiger partial charge in [0.2, 0.25) is 0 Å². The third-order valence-corrected chi connectivity index (χ3v) is 6.47. The summed E-state index contributed by atoms with van der Waals surface area (Å²) in [4.78, 5) is 21.5. The fraction of sp³-hybridized carbons (Fsp3) is 0.300. The van der Waals surface area contributed by atoms with Gasteiger partial charge in [0.25, 0.3) is 5.91 Å². The first-order chi connectivity index (χ1) is 12.9. The smallest absolute Gasteiger partial charge is 0.255 e. The van der Waals surface area contributed by atoms with Crippen molar-refractivity contribution >= 4 is 44.2 Å². The molecule has 2 heterocycles. The molecule has 1 fully saturated rings. The van der Waals surface area contributed by atoms with E-state index in [0.717, 1.165) is 10.6 Å². The van der Waals surface area contributed by atoms with Crippen LogP contribution in [0.1, 0.15) is 21.5 Å². The summed E-state index contributed by atoms with van der Waals surface area (Å²) in [5.41, 5.74) is 3.87. The molecule has 0 bridgehead atoms. The van der Waals surface area contributed by atoms with Gasteiger partial charge in [-0.25, -0.2) is 9.37 Å². The number of piperazine rings is 1. The maximum Gasteiger partial charge on any atom is 0.255 e. The fourth-order valence-electron chi connectivity index (χ4n) is 3.28. The number of carbonyl (C=O) groups is 1. The summed E-state index contributed by atoms with van der Waals surface area (Å²) in [6.07, 6.45) is 0. The van der Waals surface area contributed by atoms with Crippen LogP contribution >= 0.6 is 22.9 Å². The van der Waals surface area contributed by atoms with Crippen molar-refractivity contribution in [1.82, 2.24) is 9.88 Å². The maximum absolute atomic E-state index is 13.2. The van der Waals surface area contributed by atoms with Crippen LogP contribution in [0.3, 0.4) is 0 Å². The van der Waals surface area contributed by atoms with E-state index in [1.807, 2.05) is 0 Å². The number of amides is 1. The highest BCUT2D eigenvalue weighted by Crippen LogP contribution is 2.32.